The Bertz CT molecular complexity index is 87.0. The first kappa shape index (κ1) is 11.6. The van der Waals surface area contributed by atoms with Gasteiger partial charge in [-0.2, -0.15) is 0 Å². The van der Waals surface area contributed by atoms with Crippen LogP contribution in [0.25, 0.3) is 0 Å². The maximum atomic E-state index is 10.1. The van der Waals surface area contributed by atoms with Crippen molar-refractivity contribution in [3.05, 3.63) is 0 Å². The average Bonchev–Trinajstić information content (AvgIpc) is 1.67. The molecule has 0 heterocycles. The lowest BCUT2D eigenvalue weighted by Gasteiger charge is -2.09. The molecular formula is C5H13NO2S. The third-order valence-electron chi connectivity index (χ3n) is 0.834. The van der Waals surface area contributed by atoms with E-state index < -0.39 is 11.2 Å². The van der Waals surface area contributed by atoms with Gasteiger partial charge in [-0.05, 0) is 6.42 Å². The molecule has 0 aromatic carbocycles. The molecule has 3 nitrogen and oxygen atoms in total. The predicted molar refractivity (Wildman–Crippen MR) is 39.3 cm³/mol. The molecule has 0 spiro atoms. The van der Waals surface area contributed by atoms with Crippen LogP contribution in [-0.4, -0.2) is 16.3 Å². The van der Waals surface area contributed by atoms with Crippen LogP contribution < -0.4 is 6.15 Å². The molecule has 0 aliphatic carbocycles. The fraction of sp³-hybridized carbons (Fsp3) is 0.800. The van der Waals surface area contributed by atoms with E-state index in [0.29, 0.717) is 6.42 Å². The molecule has 0 unspecified atom stereocenters. The smallest absolute Gasteiger partial charge is 0.0906 e. The number of aliphatic hydroxyl groups is 1. The third kappa shape index (κ3) is 5.68. The number of rotatable bonds is 3. The Hall–Kier alpha value is -0.190. The highest BCUT2D eigenvalue weighted by Crippen LogP contribution is 1.94. The molecule has 0 aliphatic heterocycles. The molecule has 9 heavy (non-hydrogen) atoms. The summed E-state index contributed by atoms with van der Waals surface area (Å²) in [5.74, 6) is 0. The summed E-state index contributed by atoms with van der Waals surface area (Å²) in [7, 11) is 0. The molecule has 0 rings (SSSR count). The normalized spacial score (nSPS) is 11.8. The van der Waals surface area contributed by atoms with Gasteiger partial charge in [0.2, 0.25) is 0 Å². The van der Waals surface area contributed by atoms with Gasteiger partial charge in [-0.3, -0.25) is 0 Å². The molecule has 0 aromatic rings. The van der Waals surface area contributed by atoms with Crippen LogP contribution in [0.5, 0.6) is 0 Å². The van der Waals surface area contributed by atoms with Gasteiger partial charge in [-0.15, -0.1) is 0 Å². The topological polar surface area (TPSA) is 73.8 Å². The second-order valence-electron chi connectivity index (χ2n) is 1.62. The lowest BCUT2D eigenvalue weighted by molar-refractivity contribution is -0.118. The summed E-state index contributed by atoms with van der Waals surface area (Å²) in [5.41, 5.74) is 0. The summed E-state index contributed by atoms with van der Waals surface area (Å²) in [5, 5.41) is 8.12. The summed E-state index contributed by atoms with van der Waals surface area (Å²) >= 11 is 4.18. The van der Waals surface area contributed by atoms with Crippen LogP contribution in [0.1, 0.15) is 19.8 Å². The highest BCUT2D eigenvalue weighted by molar-refractivity contribution is 7.77. The number of carbonyl (C=O) groups excluding carboxylic acids is 1. The van der Waals surface area contributed by atoms with Crippen molar-refractivity contribution in [3.8, 4) is 0 Å². The highest BCUT2D eigenvalue weighted by atomic mass is 32.1. The quantitative estimate of drug-likeness (QED) is 0.580. The van der Waals surface area contributed by atoms with E-state index in [4.69, 9.17) is 5.11 Å². The molecule has 0 amide bonds. The van der Waals surface area contributed by atoms with Crippen LogP contribution >= 0.6 is 0 Å². The van der Waals surface area contributed by atoms with Crippen LogP contribution in [0, 0.1) is 0 Å². The molecular weight excluding hydrogens is 138 g/mol. The molecule has 0 fully saturated rings. The monoisotopic (exact) mass is 151 g/mol. The molecule has 0 aliphatic rings. The Morgan fingerprint density at radius 3 is 2.33 bits per heavy atom. The third-order valence-corrected chi connectivity index (χ3v) is 1.11. The number of carbonyl (C=O) groups is 1. The van der Waals surface area contributed by atoms with E-state index >= 15 is 0 Å². The maximum absolute atomic E-state index is 10.1. The molecule has 0 bridgehead atoms. The highest BCUT2D eigenvalue weighted by Gasteiger charge is 1.99. The van der Waals surface area contributed by atoms with Gasteiger partial charge in [0.05, 0.1) is 6.10 Å². The number of hydrogen-bond acceptors (Lipinski definition) is 3. The van der Waals surface area contributed by atoms with Crippen molar-refractivity contribution in [1.82, 2.24) is 6.15 Å². The SMILES string of the molecule is CCC[C@H](O)C(=O)[S-].[NH4+]. The average molecular weight is 151 g/mol. The van der Waals surface area contributed by atoms with Crippen molar-refractivity contribution in [2.24, 2.45) is 0 Å². The first-order valence-corrected chi connectivity index (χ1v) is 2.98. The van der Waals surface area contributed by atoms with E-state index in [1.165, 1.54) is 0 Å². The second-order valence-corrected chi connectivity index (χ2v) is 2.03. The van der Waals surface area contributed by atoms with Crippen molar-refractivity contribution >= 4 is 17.7 Å². The molecule has 0 aromatic heterocycles. The van der Waals surface area contributed by atoms with E-state index in [2.05, 4.69) is 12.6 Å². The van der Waals surface area contributed by atoms with E-state index in [0.717, 1.165) is 6.42 Å². The van der Waals surface area contributed by atoms with E-state index in [1.807, 2.05) is 6.92 Å². The number of quaternary nitrogens is 1. The summed E-state index contributed by atoms with van der Waals surface area (Å²) in [4.78, 5) is 10.1. The summed E-state index contributed by atoms with van der Waals surface area (Å²) in [6.45, 7) is 1.89. The fourth-order valence-electron chi connectivity index (χ4n) is 0.391. The summed E-state index contributed by atoms with van der Waals surface area (Å²) in [6, 6.07) is 0. The van der Waals surface area contributed by atoms with Gasteiger partial charge in [-0.25, -0.2) is 0 Å². The van der Waals surface area contributed by atoms with Gasteiger partial charge in [0.25, 0.3) is 0 Å². The van der Waals surface area contributed by atoms with Gasteiger partial charge >= 0.3 is 0 Å². The first-order valence-electron chi connectivity index (χ1n) is 2.57. The Kier molecular flexibility index (Phi) is 7.65. The molecule has 5 N–H and O–H groups in total. The summed E-state index contributed by atoms with van der Waals surface area (Å²) in [6.07, 6.45) is 0.376. The number of aliphatic hydroxyl groups excluding tert-OH is 1. The lowest BCUT2D eigenvalue weighted by atomic mass is 10.2. The zero-order valence-corrected chi connectivity index (χ0v) is 6.57. The molecule has 56 valence electrons. The Morgan fingerprint density at radius 1 is 1.78 bits per heavy atom. The summed E-state index contributed by atoms with van der Waals surface area (Å²) < 4.78 is 0. The second kappa shape index (κ2) is 5.94. The van der Waals surface area contributed by atoms with Crippen LogP contribution in [0.4, 0.5) is 0 Å². The molecule has 0 saturated carbocycles. The van der Waals surface area contributed by atoms with Gasteiger partial charge in [0.15, 0.2) is 0 Å². The van der Waals surface area contributed by atoms with E-state index in [1.54, 1.807) is 0 Å². The van der Waals surface area contributed by atoms with Gasteiger partial charge in [0, 0.05) is 5.12 Å². The van der Waals surface area contributed by atoms with Crippen LogP contribution in [-0.2, 0) is 17.4 Å². The first-order chi connectivity index (χ1) is 3.68. The van der Waals surface area contributed by atoms with Crippen LogP contribution in [0.15, 0.2) is 0 Å². The zero-order valence-electron chi connectivity index (χ0n) is 5.76. The molecule has 0 saturated heterocycles. The van der Waals surface area contributed by atoms with Crippen molar-refractivity contribution in [2.45, 2.75) is 25.9 Å². The van der Waals surface area contributed by atoms with Gasteiger partial charge < -0.3 is 28.7 Å². The van der Waals surface area contributed by atoms with Gasteiger partial charge in [-0.1, -0.05) is 13.3 Å². The largest absolute Gasteiger partial charge is 0.739 e. The predicted octanol–water partition coefficient (Wildman–Crippen LogP) is 0.597. The minimum atomic E-state index is -0.907. The Balaban J connectivity index is 0. The van der Waals surface area contributed by atoms with Gasteiger partial charge in [0.1, 0.15) is 0 Å². The van der Waals surface area contributed by atoms with Crippen molar-refractivity contribution in [3.63, 3.8) is 0 Å². The van der Waals surface area contributed by atoms with E-state index in [9.17, 15) is 4.79 Å². The lowest BCUT2D eigenvalue weighted by Crippen LogP contribution is -2.16. The van der Waals surface area contributed by atoms with Crippen molar-refractivity contribution in [2.75, 3.05) is 0 Å². The van der Waals surface area contributed by atoms with E-state index in [-0.39, 0.29) is 6.15 Å². The molecule has 4 heteroatoms. The Morgan fingerprint density at radius 2 is 2.22 bits per heavy atom. The number of hydrogen-bond donors (Lipinski definition) is 2. The van der Waals surface area contributed by atoms with Crippen LogP contribution in [0.3, 0.4) is 0 Å². The molecule has 0 radical (unpaired) electrons. The maximum Gasteiger partial charge on any atom is 0.0906 e. The van der Waals surface area contributed by atoms with Crippen molar-refractivity contribution in [1.29, 1.82) is 0 Å². The van der Waals surface area contributed by atoms with Crippen LogP contribution in [0.2, 0.25) is 0 Å². The van der Waals surface area contributed by atoms with Crippen molar-refractivity contribution < 1.29 is 9.90 Å². The minimum absolute atomic E-state index is 0. The zero-order chi connectivity index (χ0) is 6.57. The standard InChI is InChI=1S/C5H10O2S.H3N/c1-2-3-4(6)5(7)8;/h4,6H,2-3H2,1H3,(H,7,8);1H3/t4-;/m0./s1. The minimum Gasteiger partial charge on any atom is -0.739 e. The Labute approximate surface area is 60.4 Å². The molecule has 1 atom stereocenters. The fourth-order valence-corrected chi connectivity index (χ4v) is 0.509.